The Labute approximate surface area is 99.6 Å². The van der Waals surface area contributed by atoms with E-state index in [1.54, 1.807) is 0 Å². The van der Waals surface area contributed by atoms with E-state index in [0.717, 1.165) is 19.3 Å². The molecular weight excluding hydrogens is 232 g/mol. The average Bonchev–Trinajstić information content (AvgIpc) is 2.89. The number of hydrogen-bond acceptors (Lipinski definition) is 2. The highest BCUT2D eigenvalue weighted by Gasteiger charge is 2.43. The second-order valence-corrected chi connectivity index (χ2v) is 5.91. The van der Waals surface area contributed by atoms with Crippen LogP contribution in [0, 0.1) is 11.8 Å². The van der Waals surface area contributed by atoms with E-state index in [1.165, 1.54) is 6.42 Å². The minimum Gasteiger partial charge on any atom is -0.352 e. The molecule has 2 aliphatic carbocycles. The molecule has 1 N–H and O–H groups in total. The molecular formula is C11H17F2NOS. The summed E-state index contributed by atoms with van der Waals surface area (Å²) in [6.07, 6.45) is 4.46. The van der Waals surface area contributed by atoms with E-state index in [4.69, 9.17) is 0 Å². The summed E-state index contributed by atoms with van der Waals surface area (Å²) in [5.74, 6) is 0.601. The van der Waals surface area contributed by atoms with E-state index in [2.05, 4.69) is 17.9 Å². The van der Waals surface area contributed by atoms with Gasteiger partial charge in [0.15, 0.2) is 0 Å². The normalized spacial score (nSPS) is 33.1. The third-order valence-electron chi connectivity index (χ3n) is 3.92. The first kappa shape index (κ1) is 12.1. The molecule has 0 saturated heterocycles. The van der Waals surface area contributed by atoms with E-state index in [9.17, 15) is 13.6 Å². The Hall–Kier alpha value is -0.320. The maximum Gasteiger partial charge on any atom is 0.241 e. The van der Waals surface area contributed by atoms with Crippen LogP contribution in [-0.4, -0.2) is 30.0 Å². The number of thiol groups is 1. The Kier molecular flexibility index (Phi) is 3.42. The van der Waals surface area contributed by atoms with Crippen molar-refractivity contribution in [1.82, 2.24) is 5.32 Å². The second kappa shape index (κ2) is 4.51. The largest absolute Gasteiger partial charge is 0.352 e. The SMILES string of the molecule is O=C(NC1CC2CCC1C2)C(S)(CF)CF. The lowest BCUT2D eigenvalue weighted by Crippen LogP contribution is -2.51. The zero-order valence-corrected chi connectivity index (χ0v) is 9.98. The number of carbonyl (C=O) groups is 1. The first-order chi connectivity index (χ1) is 7.59. The van der Waals surface area contributed by atoms with Crippen molar-refractivity contribution in [3.8, 4) is 0 Å². The molecule has 3 atom stereocenters. The average molecular weight is 249 g/mol. The smallest absolute Gasteiger partial charge is 0.241 e. The van der Waals surface area contributed by atoms with Crippen LogP contribution in [0.25, 0.3) is 0 Å². The number of fused-ring (bicyclic) bond motifs is 2. The van der Waals surface area contributed by atoms with E-state index in [0.29, 0.717) is 11.8 Å². The van der Waals surface area contributed by atoms with E-state index in [1.807, 2.05) is 0 Å². The molecule has 0 aliphatic heterocycles. The number of nitrogens with one attached hydrogen (secondary N) is 1. The second-order valence-electron chi connectivity index (χ2n) is 5.05. The van der Waals surface area contributed by atoms with Gasteiger partial charge in [0.2, 0.25) is 5.91 Å². The van der Waals surface area contributed by atoms with Crippen molar-refractivity contribution >= 4 is 18.5 Å². The molecule has 2 rings (SSSR count). The molecule has 92 valence electrons. The highest BCUT2D eigenvalue weighted by Crippen LogP contribution is 2.44. The lowest BCUT2D eigenvalue weighted by molar-refractivity contribution is -0.125. The van der Waals surface area contributed by atoms with Crippen molar-refractivity contribution < 1.29 is 13.6 Å². The number of carbonyl (C=O) groups excluding carboxylic acids is 1. The molecule has 2 fully saturated rings. The summed E-state index contributed by atoms with van der Waals surface area (Å²) >= 11 is 3.79. The van der Waals surface area contributed by atoms with Gasteiger partial charge in [0, 0.05) is 6.04 Å². The first-order valence-electron chi connectivity index (χ1n) is 5.74. The molecule has 3 unspecified atom stereocenters. The molecule has 0 heterocycles. The maximum absolute atomic E-state index is 12.6. The summed E-state index contributed by atoms with van der Waals surface area (Å²) < 4.78 is 23.4. The minimum atomic E-state index is -1.79. The number of rotatable bonds is 4. The Morgan fingerprint density at radius 3 is 2.44 bits per heavy atom. The van der Waals surface area contributed by atoms with Gasteiger partial charge in [-0.2, -0.15) is 12.6 Å². The van der Waals surface area contributed by atoms with Crippen LogP contribution in [0.4, 0.5) is 8.78 Å². The molecule has 2 saturated carbocycles. The Morgan fingerprint density at radius 1 is 1.31 bits per heavy atom. The molecule has 0 aromatic carbocycles. The summed E-state index contributed by atoms with van der Waals surface area (Å²) in [5.41, 5.74) is 0. The van der Waals surface area contributed by atoms with Gasteiger partial charge in [-0.25, -0.2) is 8.78 Å². The molecule has 2 bridgehead atoms. The fourth-order valence-electron chi connectivity index (χ4n) is 2.88. The fraction of sp³-hybridized carbons (Fsp3) is 0.909. The standard InChI is InChI=1S/C11H17F2NOS/c12-5-11(16,6-13)10(15)14-9-4-7-1-2-8(9)3-7/h7-9,16H,1-6H2,(H,14,15). The van der Waals surface area contributed by atoms with Crippen LogP contribution in [0.15, 0.2) is 0 Å². The molecule has 0 radical (unpaired) electrons. The third kappa shape index (κ3) is 2.06. The van der Waals surface area contributed by atoms with Gasteiger partial charge in [-0.3, -0.25) is 4.79 Å². The van der Waals surface area contributed by atoms with Gasteiger partial charge < -0.3 is 5.32 Å². The summed E-state index contributed by atoms with van der Waals surface area (Å²) in [7, 11) is 0. The van der Waals surface area contributed by atoms with Crippen LogP contribution in [0.1, 0.15) is 25.7 Å². The molecule has 16 heavy (non-hydrogen) atoms. The minimum absolute atomic E-state index is 0.107. The van der Waals surface area contributed by atoms with E-state index < -0.39 is 24.0 Å². The van der Waals surface area contributed by atoms with E-state index >= 15 is 0 Å². The van der Waals surface area contributed by atoms with Crippen molar-refractivity contribution in [2.45, 2.75) is 36.5 Å². The highest BCUT2D eigenvalue weighted by molar-refractivity contribution is 7.82. The highest BCUT2D eigenvalue weighted by atomic mass is 32.1. The molecule has 2 aliphatic rings. The van der Waals surface area contributed by atoms with Crippen molar-refractivity contribution in [2.24, 2.45) is 11.8 Å². The summed E-state index contributed by atoms with van der Waals surface area (Å²) in [6, 6.07) is 0.107. The zero-order chi connectivity index (χ0) is 11.8. The fourth-order valence-corrected chi connectivity index (χ4v) is 2.95. The van der Waals surface area contributed by atoms with Crippen molar-refractivity contribution in [3.63, 3.8) is 0 Å². The van der Waals surface area contributed by atoms with Gasteiger partial charge in [-0.05, 0) is 31.1 Å². The number of hydrogen-bond donors (Lipinski definition) is 2. The van der Waals surface area contributed by atoms with Crippen molar-refractivity contribution in [3.05, 3.63) is 0 Å². The monoisotopic (exact) mass is 249 g/mol. The van der Waals surface area contributed by atoms with Gasteiger partial charge in [0.25, 0.3) is 0 Å². The molecule has 5 heteroatoms. The van der Waals surface area contributed by atoms with Crippen molar-refractivity contribution in [2.75, 3.05) is 13.3 Å². The Bertz CT molecular complexity index is 283. The first-order valence-corrected chi connectivity index (χ1v) is 6.19. The lowest BCUT2D eigenvalue weighted by Gasteiger charge is -2.27. The molecule has 0 aromatic heterocycles. The van der Waals surface area contributed by atoms with Crippen LogP contribution in [0.2, 0.25) is 0 Å². The molecule has 1 amide bonds. The Balaban J connectivity index is 1.92. The maximum atomic E-state index is 12.6. The topological polar surface area (TPSA) is 29.1 Å². The summed E-state index contributed by atoms with van der Waals surface area (Å²) in [6.45, 7) is -2.14. The predicted octanol–water partition coefficient (Wildman–Crippen LogP) is 1.90. The van der Waals surface area contributed by atoms with Crippen molar-refractivity contribution in [1.29, 1.82) is 0 Å². The lowest BCUT2D eigenvalue weighted by atomic mass is 9.95. The summed E-state index contributed by atoms with van der Waals surface area (Å²) in [5, 5.41) is 2.76. The summed E-state index contributed by atoms with van der Waals surface area (Å²) in [4.78, 5) is 11.7. The van der Waals surface area contributed by atoms with Gasteiger partial charge in [-0.15, -0.1) is 0 Å². The van der Waals surface area contributed by atoms with Crippen LogP contribution >= 0.6 is 12.6 Å². The van der Waals surface area contributed by atoms with E-state index in [-0.39, 0.29) is 6.04 Å². The predicted molar refractivity (Wildman–Crippen MR) is 61.0 cm³/mol. The quantitative estimate of drug-likeness (QED) is 0.732. The van der Waals surface area contributed by atoms with Crippen LogP contribution in [0.5, 0.6) is 0 Å². The van der Waals surface area contributed by atoms with Gasteiger partial charge in [-0.1, -0.05) is 6.42 Å². The molecule has 0 spiro atoms. The van der Waals surface area contributed by atoms with Gasteiger partial charge >= 0.3 is 0 Å². The third-order valence-corrected chi connectivity index (χ3v) is 4.36. The molecule has 0 aromatic rings. The number of halogens is 2. The van der Waals surface area contributed by atoms with Crippen LogP contribution in [0.3, 0.4) is 0 Å². The molecule has 2 nitrogen and oxygen atoms in total. The number of alkyl halides is 2. The Morgan fingerprint density at radius 2 is 2.00 bits per heavy atom. The van der Waals surface area contributed by atoms with Gasteiger partial charge in [0.1, 0.15) is 18.1 Å². The zero-order valence-electron chi connectivity index (χ0n) is 9.09. The van der Waals surface area contributed by atoms with Crippen LogP contribution < -0.4 is 5.32 Å². The van der Waals surface area contributed by atoms with Gasteiger partial charge in [0.05, 0.1) is 0 Å². The van der Waals surface area contributed by atoms with Crippen LogP contribution in [-0.2, 0) is 4.79 Å². The number of amides is 1.